The van der Waals surface area contributed by atoms with E-state index in [-0.39, 0.29) is 5.43 Å². The summed E-state index contributed by atoms with van der Waals surface area (Å²) in [4.78, 5) is 24.7. The van der Waals surface area contributed by atoms with Crippen LogP contribution in [0.1, 0.15) is 10.5 Å². The lowest BCUT2D eigenvalue weighted by Gasteiger charge is -2.01. The third kappa shape index (κ3) is 2.02. The Labute approximate surface area is 86.4 Å². The summed E-state index contributed by atoms with van der Waals surface area (Å²) in [5.41, 5.74) is 1.67. The van der Waals surface area contributed by atoms with Crippen LogP contribution in [0, 0.1) is 0 Å². The maximum absolute atomic E-state index is 11.3. The van der Waals surface area contributed by atoms with E-state index in [0.717, 1.165) is 5.56 Å². The summed E-state index contributed by atoms with van der Waals surface area (Å²) in [6.07, 6.45) is 0.633. The quantitative estimate of drug-likeness (QED) is 0.750. The van der Waals surface area contributed by atoms with Crippen molar-refractivity contribution in [3.05, 3.63) is 58.4 Å². The van der Waals surface area contributed by atoms with E-state index in [4.69, 9.17) is 0 Å². The largest absolute Gasteiger partial charge is 0.352 e. The predicted molar refractivity (Wildman–Crippen MR) is 57.9 cm³/mol. The molecule has 1 N–H and O–H groups in total. The van der Waals surface area contributed by atoms with E-state index in [0.29, 0.717) is 17.7 Å². The van der Waals surface area contributed by atoms with Crippen LogP contribution in [0.2, 0.25) is 0 Å². The molecule has 0 aliphatic rings. The highest BCUT2D eigenvalue weighted by Gasteiger charge is 2.00. The van der Waals surface area contributed by atoms with Gasteiger partial charge in [-0.15, -0.1) is 0 Å². The van der Waals surface area contributed by atoms with Crippen molar-refractivity contribution in [1.82, 2.24) is 4.98 Å². The molecule has 0 saturated carbocycles. The van der Waals surface area contributed by atoms with Gasteiger partial charge in [0.2, 0.25) is 0 Å². The maximum Gasteiger partial charge on any atom is 0.182 e. The van der Waals surface area contributed by atoms with Crippen LogP contribution in [0.4, 0.5) is 0 Å². The summed E-state index contributed by atoms with van der Waals surface area (Å²) in [6.45, 7) is 0. The van der Waals surface area contributed by atoms with Gasteiger partial charge in [-0.05, 0) is 5.56 Å². The van der Waals surface area contributed by atoms with Gasteiger partial charge in [0.15, 0.2) is 11.7 Å². The Morgan fingerprint density at radius 2 is 1.80 bits per heavy atom. The standard InChI is InChI=1S/C12H9NO2/c14-8-10-6-11(15)7-12(13-10)9-4-2-1-3-5-9/h1-8H,(H,13,15). The summed E-state index contributed by atoms with van der Waals surface area (Å²) >= 11 is 0. The summed E-state index contributed by atoms with van der Waals surface area (Å²) in [6, 6.07) is 12.1. The monoisotopic (exact) mass is 199 g/mol. The van der Waals surface area contributed by atoms with Gasteiger partial charge in [0.1, 0.15) is 0 Å². The SMILES string of the molecule is O=Cc1cc(=O)cc(-c2ccccc2)[nH]1. The van der Waals surface area contributed by atoms with Crippen molar-refractivity contribution >= 4 is 6.29 Å². The first-order chi connectivity index (χ1) is 7.29. The molecule has 1 aromatic heterocycles. The zero-order chi connectivity index (χ0) is 10.7. The van der Waals surface area contributed by atoms with E-state index in [2.05, 4.69) is 4.98 Å². The molecule has 15 heavy (non-hydrogen) atoms. The highest BCUT2D eigenvalue weighted by molar-refractivity contribution is 5.73. The predicted octanol–water partition coefficient (Wildman–Crippen LogP) is 1.85. The van der Waals surface area contributed by atoms with Crippen molar-refractivity contribution in [2.45, 2.75) is 0 Å². The van der Waals surface area contributed by atoms with E-state index < -0.39 is 0 Å². The molecule has 0 radical (unpaired) electrons. The molecule has 0 fully saturated rings. The van der Waals surface area contributed by atoms with Crippen molar-refractivity contribution in [3.8, 4) is 11.3 Å². The summed E-state index contributed by atoms with van der Waals surface area (Å²) in [7, 11) is 0. The fraction of sp³-hybridized carbons (Fsp3) is 0. The molecule has 1 heterocycles. The highest BCUT2D eigenvalue weighted by atomic mass is 16.1. The lowest BCUT2D eigenvalue weighted by molar-refractivity contribution is 0.111. The van der Waals surface area contributed by atoms with E-state index in [1.165, 1.54) is 12.1 Å². The van der Waals surface area contributed by atoms with Crippen LogP contribution >= 0.6 is 0 Å². The number of hydrogen-bond donors (Lipinski definition) is 1. The Bertz CT molecular complexity index is 529. The van der Waals surface area contributed by atoms with Crippen LogP contribution in [0.5, 0.6) is 0 Å². The Balaban J connectivity index is 2.59. The van der Waals surface area contributed by atoms with Crippen molar-refractivity contribution < 1.29 is 4.79 Å². The van der Waals surface area contributed by atoms with Gasteiger partial charge in [-0.1, -0.05) is 30.3 Å². The number of aromatic nitrogens is 1. The molecule has 0 bridgehead atoms. The number of rotatable bonds is 2. The second-order valence-electron chi connectivity index (χ2n) is 3.17. The Morgan fingerprint density at radius 1 is 1.07 bits per heavy atom. The fourth-order valence-corrected chi connectivity index (χ4v) is 1.40. The molecule has 0 spiro atoms. The lowest BCUT2D eigenvalue weighted by Crippen LogP contribution is -2.03. The number of pyridine rings is 1. The molecule has 3 heteroatoms. The number of aromatic amines is 1. The number of aldehydes is 1. The lowest BCUT2D eigenvalue weighted by atomic mass is 10.1. The molecule has 0 saturated heterocycles. The third-order valence-electron chi connectivity index (χ3n) is 2.08. The number of H-pyrrole nitrogens is 1. The van der Waals surface area contributed by atoms with Crippen molar-refractivity contribution in [3.63, 3.8) is 0 Å². The van der Waals surface area contributed by atoms with Gasteiger partial charge in [-0.2, -0.15) is 0 Å². The van der Waals surface area contributed by atoms with Crippen molar-refractivity contribution in [1.29, 1.82) is 0 Å². The van der Waals surface area contributed by atoms with E-state index in [1.54, 1.807) is 0 Å². The third-order valence-corrected chi connectivity index (χ3v) is 2.08. The van der Waals surface area contributed by atoms with Crippen LogP contribution in [-0.4, -0.2) is 11.3 Å². The molecule has 1 aromatic carbocycles. The highest BCUT2D eigenvalue weighted by Crippen LogP contribution is 2.14. The molecule has 0 amide bonds. The van der Waals surface area contributed by atoms with Gasteiger partial charge in [-0.25, -0.2) is 0 Å². The molecule has 2 rings (SSSR count). The summed E-state index contributed by atoms with van der Waals surface area (Å²) in [5.74, 6) is 0. The first kappa shape index (κ1) is 9.40. The first-order valence-electron chi connectivity index (χ1n) is 4.54. The summed E-state index contributed by atoms with van der Waals surface area (Å²) in [5, 5.41) is 0. The number of hydrogen-bond acceptors (Lipinski definition) is 2. The number of benzene rings is 1. The second-order valence-corrected chi connectivity index (χ2v) is 3.17. The zero-order valence-corrected chi connectivity index (χ0v) is 7.94. The molecule has 0 aliphatic carbocycles. The topological polar surface area (TPSA) is 49.9 Å². The minimum absolute atomic E-state index is 0.172. The summed E-state index contributed by atoms with van der Waals surface area (Å²) < 4.78 is 0. The van der Waals surface area contributed by atoms with Crippen LogP contribution in [0.25, 0.3) is 11.3 Å². The van der Waals surface area contributed by atoms with Crippen LogP contribution < -0.4 is 5.43 Å². The maximum atomic E-state index is 11.3. The molecule has 3 nitrogen and oxygen atoms in total. The normalized spacial score (nSPS) is 9.87. The van der Waals surface area contributed by atoms with Crippen LogP contribution in [0.3, 0.4) is 0 Å². The molecular formula is C12H9NO2. The first-order valence-corrected chi connectivity index (χ1v) is 4.54. The molecule has 0 unspecified atom stereocenters. The van der Waals surface area contributed by atoms with Crippen molar-refractivity contribution in [2.24, 2.45) is 0 Å². The van der Waals surface area contributed by atoms with Crippen molar-refractivity contribution in [2.75, 3.05) is 0 Å². The number of carbonyl (C=O) groups is 1. The molecule has 0 aliphatic heterocycles. The Hall–Kier alpha value is -2.16. The molecule has 0 atom stereocenters. The number of nitrogens with one attached hydrogen (secondary N) is 1. The second kappa shape index (κ2) is 3.92. The Morgan fingerprint density at radius 3 is 2.47 bits per heavy atom. The van der Waals surface area contributed by atoms with Gasteiger partial charge in [-0.3, -0.25) is 9.59 Å². The smallest absolute Gasteiger partial charge is 0.182 e. The van der Waals surface area contributed by atoms with Gasteiger partial charge < -0.3 is 4.98 Å². The van der Waals surface area contributed by atoms with Gasteiger partial charge >= 0.3 is 0 Å². The molecular weight excluding hydrogens is 190 g/mol. The minimum Gasteiger partial charge on any atom is -0.352 e. The Kier molecular flexibility index (Phi) is 2.46. The fourth-order valence-electron chi connectivity index (χ4n) is 1.40. The van der Waals surface area contributed by atoms with E-state index >= 15 is 0 Å². The average Bonchev–Trinajstić information content (AvgIpc) is 2.29. The van der Waals surface area contributed by atoms with Crippen LogP contribution in [-0.2, 0) is 0 Å². The average molecular weight is 199 g/mol. The van der Waals surface area contributed by atoms with E-state index in [9.17, 15) is 9.59 Å². The van der Waals surface area contributed by atoms with Gasteiger partial charge in [0, 0.05) is 17.8 Å². The number of carbonyl (C=O) groups excluding carboxylic acids is 1. The molecule has 74 valence electrons. The minimum atomic E-state index is -0.172. The molecule has 2 aromatic rings. The van der Waals surface area contributed by atoms with E-state index in [1.807, 2.05) is 30.3 Å². The van der Waals surface area contributed by atoms with Gasteiger partial charge in [0.25, 0.3) is 0 Å². The van der Waals surface area contributed by atoms with Crippen LogP contribution in [0.15, 0.2) is 47.3 Å². The zero-order valence-electron chi connectivity index (χ0n) is 7.94. The van der Waals surface area contributed by atoms with Gasteiger partial charge in [0.05, 0.1) is 5.69 Å².